The van der Waals surface area contributed by atoms with Gasteiger partial charge in [0.25, 0.3) is 5.91 Å². The molecule has 1 heterocycles. The van der Waals surface area contributed by atoms with E-state index in [9.17, 15) is 26.4 Å². The number of amides is 1. The molecule has 1 aromatic rings. The van der Waals surface area contributed by atoms with Crippen LogP contribution >= 0.6 is 0 Å². The first-order chi connectivity index (χ1) is 11.1. The Morgan fingerprint density at radius 2 is 2.12 bits per heavy atom. The number of benzene rings is 1. The summed E-state index contributed by atoms with van der Waals surface area (Å²) in [4.78, 5) is 11.7. The van der Waals surface area contributed by atoms with Crippen molar-refractivity contribution in [2.24, 2.45) is 0 Å². The van der Waals surface area contributed by atoms with Crippen LogP contribution in [0.2, 0.25) is 0 Å². The minimum atomic E-state index is -4.53. The lowest BCUT2D eigenvalue weighted by atomic mass is 10.2. The van der Waals surface area contributed by atoms with Crippen molar-refractivity contribution in [1.82, 2.24) is 14.9 Å². The number of carbonyl (C=O) groups excluding carboxylic acids is 1. The quantitative estimate of drug-likeness (QED) is 0.833. The number of hydrogen-bond donors (Lipinski definition) is 2. The molecule has 0 aliphatic carbocycles. The Labute approximate surface area is 138 Å². The maximum absolute atomic E-state index is 12.6. The first-order valence-electron chi connectivity index (χ1n) is 7.28. The molecule has 1 saturated heterocycles. The zero-order valence-corrected chi connectivity index (χ0v) is 13.7. The van der Waals surface area contributed by atoms with Gasteiger partial charge in [-0.25, -0.2) is 8.42 Å². The topological polar surface area (TPSA) is 78.5 Å². The fraction of sp³-hybridized carbons (Fsp3) is 0.500. The van der Waals surface area contributed by atoms with Crippen molar-refractivity contribution < 1.29 is 26.4 Å². The molecule has 0 saturated carbocycles. The van der Waals surface area contributed by atoms with E-state index in [1.165, 1.54) is 22.5 Å². The molecule has 6 nitrogen and oxygen atoms in total. The third-order valence-electron chi connectivity index (χ3n) is 3.51. The van der Waals surface area contributed by atoms with Crippen LogP contribution in [-0.4, -0.2) is 57.0 Å². The molecule has 1 amide bonds. The van der Waals surface area contributed by atoms with E-state index in [2.05, 4.69) is 5.32 Å². The van der Waals surface area contributed by atoms with Gasteiger partial charge >= 0.3 is 6.18 Å². The highest BCUT2D eigenvalue weighted by atomic mass is 32.2. The Kier molecular flexibility index (Phi) is 5.51. The molecule has 2 N–H and O–H groups in total. The van der Waals surface area contributed by atoms with Crippen molar-refractivity contribution in [2.45, 2.75) is 24.0 Å². The van der Waals surface area contributed by atoms with Crippen molar-refractivity contribution in [2.75, 3.05) is 26.2 Å². The summed E-state index contributed by atoms with van der Waals surface area (Å²) in [7, 11) is -3.80. The van der Waals surface area contributed by atoms with Crippen LogP contribution in [0.15, 0.2) is 29.2 Å². The van der Waals surface area contributed by atoms with Crippen LogP contribution in [0.3, 0.4) is 0 Å². The predicted octanol–water partition coefficient (Wildman–Crippen LogP) is 0.961. The Morgan fingerprint density at radius 3 is 2.75 bits per heavy atom. The maximum Gasteiger partial charge on any atom is 0.405 e. The molecule has 10 heteroatoms. The van der Waals surface area contributed by atoms with Crippen LogP contribution in [0, 0.1) is 0 Å². The van der Waals surface area contributed by atoms with Crippen LogP contribution < -0.4 is 10.6 Å². The summed E-state index contributed by atoms with van der Waals surface area (Å²) in [6.07, 6.45) is -4.53. The van der Waals surface area contributed by atoms with E-state index in [-0.39, 0.29) is 29.6 Å². The Hall–Kier alpha value is -1.65. The van der Waals surface area contributed by atoms with Gasteiger partial charge < -0.3 is 10.6 Å². The van der Waals surface area contributed by atoms with Crippen LogP contribution in [0.5, 0.6) is 0 Å². The van der Waals surface area contributed by atoms with E-state index < -0.39 is 28.7 Å². The second-order valence-electron chi connectivity index (χ2n) is 5.54. The molecule has 0 radical (unpaired) electrons. The lowest BCUT2D eigenvalue weighted by molar-refractivity contribution is -0.123. The highest BCUT2D eigenvalue weighted by Crippen LogP contribution is 2.19. The molecular weight excluding hydrogens is 347 g/mol. The van der Waals surface area contributed by atoms with Gasteiger partial charge in [0.15, 0.2) is 0 Å². The number of nitrogens with zero attached hydrogens (tertiary/aromatic N) is 1. The van der Waals surface area contributed by atoms with Crippen LogP contribution in [0.25, 0.3) is 0 Å². The third-order valence-corrected chi connectivity index (χ3v) is 5.38. The standard InChI is InChI=1S/C14H18F3N3O3S/c1-10-8-20(6-5-18-10)24(22,23)12-4-2-3-11(7-12)13(21)19-9-14(15,16)17/h2-4,7,10,18H,5-6,8-9H2,1H3,(H,19,21). The van der Waals surface area contributed by atoms with Crippen molar-refractivity contribution >= 4 is 15.9 Å². The molecule has 1 unspecified atom stereocenters. The van der Waals surface area contributed by atoms with E-state index >= 15 is 0 Å². The van der Waals surface area contributed by atoms with E-state index in [0.29, 0.717) is 6.54 Å². The lowest BCUT2D eigenvalue weighted by Crippen LogP contribution is -2.51. The number of hydrogen-bond acceptors (Lipinski definition) is 4. The molecule has 1 fully saturated rings. The number of carbonyl (C=O) groups is 1. The van der Waals surface area contributed by atoms with Crippen LogP contribution in [0.1, 0.15) is 17.3 Å². The molecule has 1 aliphatic rings. The monoisotopic (exact) mass is 365 g/mol. The minimum absolute atomic E-state index is 0.00760. The molecule has 24 heavy (non-hydrogen) atoms. The first kappa shape index (κ1) is 18.7. The Balaban J connectivity index is 2.18. The van der Waals surface area contributed by atoms with Crippen LogP contribution in [0.4, 0.5) is 13.2 Å². The fourth-order valence-corrected chi connectivity index (χ4v) is 3.92. The van der Waals surface area contributed by atoms with Gasteiger partial charge in [0.1, 0.15) is 6.54 Å². The second kappa shape index (κ2) is 7.08. The molecule has 0 bridgehead atoms. The number of nitrogens with one attached hydrogen (secondary N) is 2. The number of sulfonamides is 1. The Bertz CT molecular complexity index is 707. The highest BCUT2D eigenvalue weighted by Gasteiger charge is 2.30. The average molecular weight is 365 g/mol. The second-order valence-corrected chi connectivity index (χ2v) is 7.48. The van der Waals surface area contributed by atoms with Gasteiger partial charge in [-0.1, -0.05) is 6.07 Å². The van der Waals surface area contributed by atoms with Gasteiger partial charge in [-0.2, -0.15) is 17.5 Å². The summed E-state index contributed by atoms with van der Waals surface area (Å²) in [5.41, 5.74) is -0.136. The summed E-state index contributed by atoms with van der Waals surface area (Å²) in [6, 6.07) is 5.01. The normalized spacial score (nSPS) is 19.9. The minimum Gasteiger partial charge on any atom is -0.343 e. The summed E-state index contributed by atoms with van der Waals surface area (Å²) in [5.74, 6) is -0.974. The molecule has 1 aromatic carbocycles. The third kappa shape index (κ3) is 4.68. The maximum atomic E-state index is 12.6. The van der Waals surface area contributed by atoms with Crippen LogP contribution in [-0.2, 0) is 10.0 Å². The van der Waals surface area contributed by atoms with Crippen molar-refractivity contribution in [3.05, 3.63) is 29.8 Å². The smallest absolute Gasteiger partial charge is 0.343 e. The van der Waals surface area contributed by atoms with E-state index in [4.69, 9.17) is 0 Å². The molecule has 1 atom stereocenters. The summed E-state index contributed by atoms with van der Waals surface area (Å²) >= 11 is 0. The fourth-order valence-electron chi connectivity index (χ4n) is 2.34. The summed E-state index contributed by atoms with van der Waals surface area (Å²) < 4.78 is 63.0. The van der Waals surface area contributed by atoms with Gasteiger partial charge in [-0.3, -0.25) is 4.79 Å². The molecule has 0 spiro atoms. The SMILES string of the molecule is CC1CN(S(=O)(=O)c2cccc(C(=O)NCC(F)(F)F)c2)CCN1. The molecular formula is C14H18F3N3O3S. The van der Waals surface area contributed by atoms with Gasteiger partial charge in [0.2, 0.25) is 10.0 Å². The van der Waals surface area contributed by atoms with E-state index in [0.717, 1.165) is 6.07 Å². The lowest BCUT2D eigenvalue weighted by Gasteiger charge is -2.31. The summed E-state index contributed by atoms with van der Waals surface area (Å²) in [6.45, 7) is 1.46. The predicted molar refractivity (Wildman–Crippen MR) is 81.1 cm³/mol. The average Bonchev–Trinajstić information content (AvgIpc) is 2.52. The van der Waals surface area contributed by atoms with Gasteiger partial charge in [-0.05, 0) is 25.1 Å². The van der Waals surface area contributed by atoms with Crippen molar-refractivity contribution in [1.29, 1.82) is 0 Å². The largest absolute Gasteiger partial charge is 0.405 e. The zero-order chi connectivity index (χ0) is 18.0. The number of alkyl halides is 3. The molecule has 0 aromatic heterocycles. The molecule has 134 valence electrons. The highest BCUT2D eigenvalue weighted by molar-refractivity contribution is 7.89. The number of halogens is 3. The summed E-state index contributed by atoms with van der Waals surface area (Å²) in [5, 5.41) is 4.84. The first-order valence-corrected chi connectivity index (χ1v) is 8.72. The molecule has 2 rings (SSSR count). The van der Waals surface area contributed by atoms with E-state index in [1.807, 2.05) is 6.92 Å². The van der Waals surface area contributed by atoms with Crippen molar-refractivity contribution in [3.8, 4) is 0 Å². The van der Waals surface area contributed by atoms with Crippen molar-refractivity contribution in [3.63, 3.8) is 0 Å². The van der Waals surface area contributed by atoms with Gasteiger partial charge in [0.05, 0.1) is 4.90 Å². The Morgan fingerprint density at radius 1 is 1.42 bits per heavy atom. The number of rotatable bonds is 4. The van der Waals surface area contributed by atoms with Gasteiger partial charge in [-0.15, -0.1) is 0 Å². The zero-order valence-electron chi connectivity index (χ0n) is 12.9. The molecule has 1 aliphatic heterocycles. The number of piperazine rings is 1. The van der Waals surface area contributed by atoms with E-state index in [1.54, 1.807) is 5.32 Å². The van der Waals surface area contributed by atoms with Gasteiger partial charge in [0, 0.05) is 31.2 Å².